The van der Waals surface area contributed by atoms with Crippen molar-refractivity contribution >= 4 is 29.7 Å². The largest absolute Gasteiger partial charge is 0.481 e. The number of ether oxygens (including phenoxy) is 1. The smallest absolute Gasteiger partial charge is 0.257 e. The fourth-order valence-corrected chi connectivity index (χ4v) is 2.98. The molecule has 2 aromatic rings. The van der Waals surface area contributed by atoms with Crippen LogP contribution in [0.5, 0.6) is 5.88 Å². The molecule has 0 fully saturated rings. The Morgan fingerprint density at radius 1 is 1.39 bits per heavy atom. The molecule has 0 saturated heterocycles. The van der Waals surface area contributed by atoms with Crippen LogP contribution < -0.4 is 15.4 Å². The van der Waals surface area contributed by atoms with Gasteiger partial charge in [0.2, 0.25) is 12.3 Å². The Morgan fingerprint density at radius 3 is 2.57 bits per heavy atom. The average Bonchev–Trinajstić information content (AvgIpc) is 2.70. The van der Waals surface area contributed by atoms with Crippen LogP contribution >= 0.6 is 11.6 Å². The van der Waals surface area contributed by atoms with E-state index in [9.17, 15) is 14.9 Å². The maximum absolute atomic E-state index is 13.1. The van der Waals surface area contributed by atoms with Gasteiger partial charge in [0.05, 0.1) is 24.3 Å². The topological polar surface area (TPSA) is 113 Å². The number of hydrogen-bond donors (Lipinski definition) is 1. The molecule has 9 heteroatoms. The summed E-state index contributed by atoms with van der Waals surface area (Å²) in [6.07, 6.45) is 0.535. The summed E-state index contributed by atoms with van der Waals surface area (Å²) in [4.78, 5) is 31.4. The summed E-state index contributed by atoms with van der Waals surface area (Å²) in [5.41, 5.74) is 7.61. The Hall–Kier alpha value is -3.15. The monoisotopic (exact) mass is 401 g/mol. The Morgan fingerprint density at radius 2 is 2.07 bits per heavy atom. The zero-order valence-electron chi connectivity index (χ0n) is 16.0. The Labute approximate surface area is 168 Å². The molecule has 28 heavy (non-hydrogen) atoms. The van der Waals surface area contributed by atoms with Crippen molar-refractivity contribution in [1.82, 2.24) is 9.88 Å². The van der Waals surface area contributed by atoms with Crippen LogP contribution in [-0.4, -0.2) is 50.5 Å². The van der Waals surface area contributed by atoms with E-state index in [0.29, 0.717) is 28.1 Å². The van der Waals surface area contributed by atoms with Gasteiger partial charge in [-0.25, -0.2) is 0 Å². The van der Waals surface area contributed by atoms with Crippen molar-refractivity contribution in [1.29, 1.82) is 5.26 Å². The minimum atomic E-state index is -0.401. The van der Waals surface area contributed by atoms with Gasteiger partial charge in [0, 0.05) is 49.4 Å². The molecule has 8 nitrogen and oxygen atoms in total. The van der Waals surface area contributed by atoms with Gasteiger partial charge in [-0.15, -0.1) is 0 Å². The number of nitrogens with two attached hydrogens (primary N) is 1. The fraction of sp³-hybridized carbons (Fsp3) is 0.263. The predicted molar refractivity (Wildman–Crippen MR) is 106 cm³/mol. The SMILES string of the molecule is COc1nc(N(C)C=O)c(C(=O)N(C)C)c(-c2ccc(Cl)cc2C#N)c1CN. The standard InChI is InChI=1S/C19H20ClN5O3/c1-24(2)19(27)16-15(13-6-5-12(20)7-11(13)8-21)14(9-22)18(28-4)23-17(16)25(3)10-26/h5-7,10H,9,22H2,1-4H3. The van der Waals surface area contributed by atoms with Gasteiger partial charge in [0.25, 0.3) is 5.91 Å². The second kappa shape index (κ2) is 8.69. The highest BCUT2D eigenvalue weighted by Gasteiger charge is 2.29. The van der Waals surface area contributed by atoms with E-state index in [4.69, 9.17) is 22.1 Å². The van der Waals surface area contributed by atoms with Crippen LogP contribution in [0.15, 0.2) is 18.2 Å². The molecule has 0 atom stereocenters. The van der Waals surface area contributed by atoms with Crippen LogP contribution in [0.25, 0.3) is 11.1 Å². The number of nitriles is 1. The number of carbonyl (C=O) groups is 2. The molecule has 0 aliphatic heterocycles. The summed E-state index contributed by atoms with van der Waals surface area (Å²) in [5.74, 6) is -0.144. The second-order valence-electron chi connectivity index (χ2n) is 6.09. The Bertz CT molecular complexity index is 969. The third-order valence-electron chi connectivity index (χ3n) is 4.12. The number of methoxy groups -OCH3 is 1. The van der Waals surface area contributed by atoms with Crippen LogP contribution in [0, 0.1) is 11.3 Å². The van der Waals surface area contributed by atoms with Crippen LogP contribution in [0.1, 0.15) is 21.5 Å². The zero-order valence-corrected chi connectivity index (χ0v) is 16.7. The second-order valence-corrected chi connectivity index (χ2v) is 6.53. The normalized spacial score (nSPS) is 10.2. The van der Waals surface area contributed by atoms with E-state index in [-0.39, 0.29) is 29.4 Å². The molecule has 0 unspecified atom stereocenters. The molecule has 2 rings (SSSR count). The van der Waals surface area contributed by atoms with Gasteiger partial charge in [0.15, 0.2) is 5.82 Å². The molecule has 0 aliphatic rings. The van der Waals surface area contributed by atoms with E-state index in [1.54, 1.807) is 26.2 Å². The van der Waals surface area contributed by atoms with Gasteiger partial charge < -0.3 is 20.3 Å². The summed E-state index contributed by atoms with van der Waals surface area (Å²) in [7, 11) is 6.04. The minimum absolute atomic E-state index is 0.00219. The van der Waals surface area contributed by atoms with Gasteiger partial charge in [0.1, 0.15) is 0 Å². The van der Waals surface area contributed by atoms with E-state index >= 15 is 0 Å². The maximum atomic E-state index is 13.1. The van der Waals surface area contributed by atoms with E-state index in [2.05, 4.69) is 11.1 Å². The first-order valence-electron chi connectivity index (χ1n) is 8.21. The molecule has 1 heterocycles. The Kier molecular flexibility index (Phi) is 6.57. The average molecular weight is 402 g/mol. The highest BCUT2D eigenvalue weighted by molar-refractivity contribution is 6.30. The molecule has 1 aromatic carbocycles. The number of hydrogen-bond acceptors (Lipinski definition) is 6. The van der Waals surface area contributed by atoms with Gasteiger partial charge in [-0.2, -0.15) is 10.2 Å². The number of aromatic nitrogens is 1. The van der Waals surface area contributed by atoms with Crippen molar-refractivity contribution in [3.8, 4) is 23.1 Å². The van der Waals surface area contributed by atoms with E-state index in [0.717, 1.165) is 0 Å². The van der Waals surface area contributed by atoms with Crippen molar-refractivity contribution in [3.05, 3.63) is 39.9 Å². The number of pyridine rings is 1. The van der Waals surface area contributed by atoms with Gasteiger partial charge in [-0.3, -0.25) is 9.59 Å². The van der Waals surface area contributed by atoms with Crippen molar-refractivity contribution in [2.75, 3.05) is 33.2 Å². The van der Waals surface area contributed by atoms with Crippen LogP contribution in [-0.2, 0) is 11.3 Å². The molecule has 0 saturated carbocycles. The molecule has 0 aliphatic carbocycles. The lowest BCUT2D eigenvalue weighted by Crippen LogP contribution is -2.28. The third-order valence-corrected chi connectivity index (χ3v) is 4.36. The number of benzene rings is 1. The van der Waals surface area contributed by atoms with Crippen molar-refractivity contribution in [2.24, 2.45) is 5.73 Å². The lowest BCUT2D eigenvalue weighted by Gasteiger charge is -2.24. The van der Waals surface area contributed by atoms with Crippen molar-refractivity contribution < 1.29 is 14.3 Å². The van der Waals surface area contributed by atoms with E-state index in [1.807, 2.05) is 0 Å². The molecule has 0 bridgehead atoms. The zero-order chi connectivity index (χ0) is 21.0. The minimum Gasteiger partial charge on any atom is -0.481 e. The van der Waals surface area contributed by atoms with Crippen molar-refractivity contribution in [2.45, 2.75) is 6.54 Å². The molecule has 1 aromatic heterocycles. The number of carbonyl (C=O) groups excluding carboxylic acids is 2. The summed E-state index contributed by atoms with van der Waals surface area (Å²) < 4.78 is 5.36. The van der Waals surface area contributed by atoms with Crippen LogP contribution in [0.2, 0.25) is 5.02 Å². The predicted octanol–water partition coefficient (Wildman–Crippen LogP) is 2.04. The molecular formula is C19H20ClN5O3. The summed E-state index contributed by atoms with van der Waals surface area (Å²) in [6, 6.07) is 6.82. The van der Waals surface area contributed by atoms with Gasteiger partial charge in [-0.1, -0.05) is 17.7 Å². The summed E-state index contributed by atoms with van der Waals surface area (Å²) >= 11 is 6.03. The highest BCUT2D eigenvalue weighted by Crippen LogP contribution is 2.40. The third kappa shape index (κ3) is 3.76. The fourth-order valence-electron chi connectivity index (χ4n) is 2.80. The van der Waals surface area contributed by atoms with Gasteiger partial charge >= 0.3 is 0 Å². The quantitative estimate of drug-likeness (QED) is 0.741. The van der Waals surface area contributed by atoms with Gasteiger partial charge in [-0.05, 0) is 12.1 Å². The lowest BCUT2D eigenvalue weighted by molar-refractivity contribution is -0.107. The number of nitrogens with zero attached hydrogens (tertiary/aromatic N) is 4. The molecular weight excluding hydrogens is 382 g/mol. The molecule has 146 valence electrons. The van der Waals surface area contributed by atoms with Crippen LogP contribution in [0.3, 0.4) is 0 Å². The number of amides is 2. The first-order valence-corrected chi connectivity index (χ1v) is 8.59. The number of rotatable bonds is 6. The summed E-state index contributed by atoms with van der Waals surface area (Å²) in [5, 5.41) is 9.99. The highest BCUT2D eigenvalue weighted by atomic mass is 35.5. The molecule has 2 N–H and O–H groups in total. The molecule has 0 spiro atoms. The van der Waals surface area contributed by atoms with Crippen LogP contribution in [0.4, 0.5) is 5.82 Å². The lowest BCUT2D eigenvalue weighted by atomic mass is 9.91. The summed E-state index contributed by atoms with van der Waals surface area (Å²) in [6.45, 7) is -0.00219. The first kappa shape index (κ1) is 21.2. The Balaban J connectivity index is 3.10. The molecule has 2 amide bonds. The molecule has 0 radical (unpaired) electrons. The number of anilines is 1. The van der Waals surface area contributed by atoms with Crippen molar-refractivity contribution in [3.63, 3.8) is 0 Å². The van der Waals surface area contributed by atoms with E-state index in [1.165, 1.54) is 30.0 Å². The maximum Gasteiger partial charge on any atom is 0.257 e. The number of halogens is 1. The van der Waals surface area contributed by atoms with E-state index < -0.39 is 5.91 Å². The first-order chi connectivity index (χ1) is 13.3.